The first-order valence-corrected chi connectivity index (χ1v) is 13.2. The van der Waals surface area contributed by atoms with Gasteiger partial charge in [0.15, 0.2) is 0 Å². The van der Waals surface area contributed by atoms with Crippen molar-refractivity contribution in [2.24, 2.45) is 0 Å². The van der Waals surface area contributed by atoms with Crippen molar-refractivity contribution >= 4 is 11.6 Å². The number of hydrogen-bond donors (Lipinski definition) is 4. The molecule has 0 spiro atoms. The van der Waals surface area contributed by atoms with E-state index in [9.17, 15) is 0 Å². The lowest BCUT2D eigenvalue weighted by Gasteiger charge is -2.27. The number of nitrogens with zero attached hydrogens (tertiary/aromatic N) is 4. The zero-order valence-corrected chi connectivity index (χ0v) is 21.4. The highest BCUT2D eigenvalue weighted by molar-refractivity contribution is 5.36. The Labute approximate surface area is 215 Å². The summed E-state index contributed by atoms with van der Waals surface area (Å²) < 4.78 is 11.3. The Morgan fingerprint density at radius 1 is 0.556 bits per heavy atom. The number of fused-ring (bicyclic) bond motifs is 4. The maximum Gasteiger partial charge on any atom is 0.125 e. The van der Waals surface area contributed by atoms with Gasteiger partial charge in [-0.3, -0.25) is 9.80 Å². The molecule has 8 rings (SSSR count). The van der Waals surface area contributed by atoms with Crippen molar-refractivity contribution in [2.45, 2.75) is 13.1 Å². The monoisotopic (exact) mass is 498 g/mol. The van der Waals surface area contributed by atoms with Gasteiger partial charge in [0.25, 0.3) is 0 Å². The van der Waals surface area contributed by atoms with Crippen molar-refractivity contribution in [3.8, 4) is 0 Å². The van der Waals surface area contributed by atoms with Gasteiger partial charge in [-0.05, 0) is 23.3 Å². The van der Waals surface area contributed by atoms with Crippen molar-refractivity contribution in [1.82, 2.24) is 30.4 Å². The minimum Gasteiger partial charge on any atom is -0.377 e. The molecule has 0 radical (unpaired) electrons. The van der Waals surface area contributed by atoms with E-state index in [2.05, 4.69) is 65.3 Å². The van der Waals surface area contributed by atoms with Gasteiger partial charge in [-0.1, -0.05) is 12.1 Å². The summed E-state index contributed by atoms with van der Waals surface area (Å²) in [7, 11) is 0. The molecule has 0 amide bonds. The van der Waals surface area contributed by atoms with Gasteiger partial charge < -0.3 is 30.7 Å². The number of anilines is 2. The Kier molecular flexibility index (Phi) is 11.7. The van der Waals surface area contributed by atoms with Crippen LogP contribution in [0.5, 0.6) is 0 Å². The lowest BCUT2D eigenvalue weighted by Crippen LogP contribution is -2.42. The third kappa shape index (κ3) is 9.96. The molecular weight excluding hydrogens is 456 g/mol. The van der Waals surface area contributed by atoms with Gasteiger partial charge in [0.2, 0.25) is 0 Å². The van der Waals surface area contributed by atoms with E-state index >= 15 is 0 Å². The normalized spacial score (nSPS) is 24.0. The van der Waals surface area contributed by atoms with Crippen LogP contribution in [0.4, 0.5) is 11.6 Å². The zero-order chi connectivity index (χ0) is 24.7. The van der Waals surface area contributed by atoms with E-state index in [0.29, 0.717) is 26.4 Å². The van der Waals surface area contributed by atoms with Crippen LogP contribution in [-0.4, -0.2) is 112 Å². The van der Waals surface area contributed by atoms with Crippen molar-refractivity contribution in [3.63, 3.8) is 0 Å². The molecule has 2 aromatic heterocycles. The number of hydrogen-bond acceptors (Lipinski definition) is 10. The molecule has 0 saturated carbocycles. The average molecular weight is 499 g/mol. The molecule has 6 bridgehead atoms. The van der Waals surface area contributed by atoms with Gasteiger partial charge in [0, 0.05) is 90.9 Å². The highest BCUT2D eigenvalue weighted by Crippen LogP contribution is 2.09. The Morgan fingerprint density at radius 2 is 1.00 bits per heavy atom. The van der Waals surface area contributed by atoms with Crippen LogP contribution in [0.1, 0.15) is 11.1 Å². The first kappa shape index (κ1) is 26.7. The first-order chi connectivity index (χ1) is 17.8. The molecule has 198 valence electrons. The number of nitrogens with one attached hydrogen (secondary N) is 4. The Morgan fingerprint density at radius 3 is 1.39 bits per heavy atom. The maximum atomic E-state index is 5.66. The molecule has 0 atom stereocenters. The molecule has 6 aliphatic heterocycles. The van der Waals surface area contributed by atoms with Gasteiger partial charge in [0.05, 0.1) is 26.4 Å². The summed E-state index contributed by atoms with van der Waals surface area (Å²) in [5.74, 6) is 1.76. The molecular formula is C26H42N8O2. The van der Waals surface area contributed by atoms with Crippen molar-refractivity contribution in [3.05, 3.63) is 47.8 Å². The van der Waals surface area contributed by atoms with Crippen LogP contribution in [-0.2, 0) is 22.6 Å². The molecule has 10 heteroatoms. The number of pyridine rings is 2. The van der Waals surface area contributed by atoms with Gasteiger partial charge >= 0.3 is 0 Å². The van der Waals surface area contributed by atoms with Crippen LogP contribution in [0.25, 0.3) is 0 Å². The van der Waals surface area contributed by atoms with Gasteiger partial charge in [0.1, 0.15) is 11.6 Å². The fourth-order valence-corrected chi connectivity index (χ4v) is 4.32. The smallest absolute Gasteiger partial charge is 0.125 e. The van der Waals surface area contributed by atoms with E-state index < -0.39 is 0 Å². The highest BCUT2D eigenvalue weighted by atomic mass is 16.5. The predicted molar refractivity (Wildman–Crippen MR) is 143 cm³/mol. The summed E-state index contributed by atoms with van der Waals surface area (Å²) in [6.07, 6.45) is 3.96. The Bertz CT molecular complexity index is 769. The molecule has 0 unspecified atom stereocenters. The molecule has 0 aliphatic carbocycles. The fourth-order valence-electron chi connectivity index (χ4n) is 4.32. The summed E-state index contributed by atoms with van der Waals surface area (Å²) in [6.45, 7) is 13.6. The topological polar surface area (TPSA) is 98.8 Å². The maximum absolute atomic E-state index is 5.66. The standard InChI is InChI=1S/C26H42N8O2/c1-3-25-29-9-15-35-17-18-36-16-10-30-26-4-2-24(20-32-26)22-34-13-7-27-5-11-33(12-6-28-8-14-34)21-23(1)19-31-25/h1-4,19-20,27-28H,5-18,21-22H2,(H,29,31)(H,30,32). The molecule has 1 fully saturated rings. The minimum absolute atomic E-state index is 0.580. The van der Waals surface area contributed by atoms with E-state index in [1.165, 1.54) is 11.1 Å². The van der Waals surface area contributed by atoms with E-state index in [0.717, 1.165) is 90.2 Å². The van der Waals surface area contributed by atoms with Crippen LogP contribution in [0.15, 0.2) is 36.7 Å². The van der Waals surface area contributed by atoms with E-state index in [4.69, 9.17) is 9.47 Å². The second-order valence-electron chi connectivity index (χ2n) is 9.23. The number of ether oxygens (including phenoxy) is 2. The van der Waals surface area contributed by atoms with Crippen LogP contribution < -0.4 is 21.3 Å². The third-order valence-corrected chi connectivity index (χ3v) is 6.36. The first-order valence-electron chi connectivity index (χ1n) is 13.2. The van der Waals surface area contributed by atoms with Crippen LogP contribution in [0.3, 0.4) is 0 Å². The SMILES string of the molecule is c1cc2ncc1CN1CCNCCN(CCNCC1)Cc1ccc(nc1)NCCOCCOCCN2. The zero-order valence-electron chi connectivity index (χ0n) is 21.4. The largest absolute Gasteiger partial charge is 0.377 e. The van der Waals surface area contributed by atoms with Gasteiger partial charge in [-0.25, -0.2) is 9.97 Å². The Balaban J connectivity index is 1.36. The van der Waals surface area contributed by atoms with E-state index in [1.807, 2.05) is 12.4 Å². The van der Waals surface area contributed by atoms with Crippen molar-refractivity contribution in [2.75, 3.05) is 103 Å². The summed E-state index contributed by atoms with van der Waals surface area (Å²) in [5, 5.41) is 13.9. The molecule has 10 nitrogen and oxygen atoms in total. The van der Waals surface area contributed by atoms with E-state index in [1.54, 1.807) is 0 Å². The predicted octanol–water partition coefficient (Wildman–Crippen LogP) is 0.844. The van der Waals surface area contributed by atoms with Crippen LogP contribution in [0.2, 0.25) is 0 Å². The number of rotatable bonds is 0. The highest BCUT2D eigenvalue weighted by Gasteiger charge is 2.11. The second-order valence-corrected chi connectivity index (χ2v) is 9.23. The van der Waals surface area contributed by atoms with Crippen LogP contribution in [0, 0.1) is 0 Å². The lowest BCUT2D eigenvalue weighted by molar-refractivity contribution is 0.0556. The summed E-state index contributed by atoms with van der Waals surface area (Å²) in [4.78, 5) is 14.2. The van der Waals surface area contributed by atoms with Crippen molar-refractivity contribution < 1.29 is 9.47 Å². The molecule has 2 aromatic rings. The van der Waals surface area contributed by atoms with Crippen molar-refractivity contribution in [1.29, 1.82) is 0 Å². The third-order valence-electron chi connectivity index (χ3n) is 6.36. The average Bonchev–Trinajstić information content (AvgIpc) is 2.89. The molecule has 0 aromatic carbocycles. The lowest BCUT2D eigenvalue weighted by atomic mass is 10.2. The van der Waals surface area contributed by atoms with Crippen LogP contribution >= 0.6 is 0 Å². The van der Waals surface area contributed by atoms with Gasteiger partial charge in [-0.15, -0.1) is 0 Å². The summed E-state index contributed by atoms with van der Waals surface area (Å²) in [6, 6.07) is 8.45. The minimum atomic E-state index is 0.580. The van der Waals surface area contributed by atoms with Gasteiger partial charge in [-0.2, -0.15) is 0 Å². The molecule has 6 aliphatic rings. The molecule has 8 heterocycles. The number of aromatic nitrogens is 2. The molecule has 36 heavy (non-hydrogen) atoms. The fraction of sp³-hybridized carbons (Fsp3) is 0.615. The molecule has 1 saturated heterocycles. The van der Waals surface area contributed by atoms with E-state index in [-0.39, 0.29) is 0 Å². The second kappa shape index (κ2) is 15.7. The quantitative estimate of drug-likeness (QED) is 0.418. The Hall–Kier alpha value is -2.34. The summed E-state index contributed by atoms with van der Waals surface area (Å²) in [5.41, 5.74) is 2.47. The summed E-state index contributed by atoms with van der Waals surface area (Å²) >= 11 is 0. The molecule has 4 N–H and O–H groups in total.